The highest BCUT2D eigenvalue weighted by Gasteiger charge is 2.35. The van der Waals surface area contributed by atoms with Crippen LogP contribution in [-0.2, 0) is 0 Å². The minimum atomic E-state index is 0.355. The fourth-order valence-corrected chi connectivity index (χ4v) is 4.50. The molecule has 2 saturated heterocycles. The lowest BCUT2D eigenvalue weighted by Crippen LogP contribution is -2.55. The van der Waals surface area contributed by atoms with Crippen LogP contribution in [0.4, 0.5) is 5.13 Å². The van der Waals surface area contributed by atoms with Gasteiger partial charge in [-0.3, -0.25) is 4.90 Å². The van der Waals surface area contributed by atoms with Crippen molar-refractivity contribution in [1.82, 2.24) is 15.2 Å². The van der Waals surface area contributed by atoms with E-state index >= 15 is 0 Å². The number of nitrogens with zero attached hydrogens (tertiary/aromatic N) is 3. The van der Waals surface area contributed by atoms with Crippen molar-refractivity contribution in [1.29, 1.82) is 0 Å². The summed E-state index contributed by atoms with van der Waals surface area (Å²) in [6, 6.07) is 1.69. The molecule has 0 radical (unpaired) electrons. The Hall–Kier alpha value is -0.650. The van der Waals surface area contributed by atoms with Crippen LogP contribution in [0.15, 0.2) is 5.38 Å². The molecule has 4 nitrogen and oxygen atoms in total. The summed E-state index contributed by atoms with van der Waals surface area (Å²) in [5.41, 5.74) is 1.19. The predicted molar refractivity (Wildman–Crippen MR) is 85.6 cm³/mol. The van der Waals surface area contributed by atoms with E-state index in [1.54, 1.807) is 11.3 Å². The predicted octanol–water partition coefficient (Wildman–Crippen LogP) is 2.49. The van der Waals surface area contributed by atoms with E-state index < -0.39 is 0 Å². The van der Waals surface area contributed by atoms with Crippen molar-refractivity contribution in [2.24, 2.45) is 0 Å². The molecule has 0 aromatic carbocycles. The number of fused-ring (bicyclic) bond motifs is 1. The first-order valence-corrected chi connectivity index (χ1v) is 8.76. The molecule has 3 rings (SSSR count). The highest BCUT2D eigenvalue weighted by molar-refractivity contribution is 7.13. The zero-order valence-electron chi connectivity index (χ0n) is 12.8. The fourth-order valence-electron chi connectivity index (χ4n) is 3.47. The van der Waals surface area contributed by atoms with Crippen molar-refractivity contribution < 1.29 is 0 Å². The highest BCUT2D eigenvalue weighted by Crippen LogP contribution is 2.31. The van der Waals surface area contributed by atoms with Crippen LogP contribution in [0.25, 0.3) is 0 Å². The molecular weight excluding hydrogens is 268 g/mol. The topological polar surface area (TPSA) is 31.4 Å². The maximum atomic E-state index is 4.88. The van der Waals surface area contributed by atoms with Crippen molar-refractivity contribution in [3.63, 3.8) is 0 Å². The highest BCUT2D eigenvalue weighted by atomic mass is 32.1. The molecule has 3 unspecified atom stereocenters. The van der Waals surface area contributed by atoms with E-state index in [1.807, 2.05) is 0 Å². The quantitative estimate of drug-likeness (QED) is 0.924. The molecule has 0 aliphatic carbocycles. The third-order valence-electron chi connectivity index (χ3n) is 4.65. The zero-order chi connectivity index (χ0) is 14.1. The van der Waals surface area contributed by atoms with E-state index in [0.717, 1.165) is 19.1 Å². The number of hydrogen-bond acceptors (Lipinski definition) is 5. The SMILES string of the molecule is CCNC(C)c1csc(N2CC3CCCN3CC2C)n1. The Morgan fingerprint density at radius 2 is 2.35 bits per heavy atom. The van der Waals surface area contributed by atoms with Crippen LogP contribution >= 0.6 is 11.3 Å². The van der Waals surface area contributed by atoms with Crippen LogP contribution in [-0.4, -0.2) is 48.1 Å². The first kappa shape index (κ1) is 14.3. The molecule has 2 aliphatic rings. The average Bonchev–Trinajstić information content (AvgIpc) is 3.05. The van der Waals surface area contributed by atoms with Gasteiger partial charge in [-0.05, 0) is 39.8 Å². The molecule has 0 amide bonds. The second kappa shape index (κ2) is 6.00. The fraction of sp³-hybridized carbons (Fsp3) is 0.800. The first-order chi connectivity index (χ1) is 9.69. The number of nitrogens with one attached hydrogen (secondary N) is 1. The molecular formula is C15H26N4S. The van der Waals surface area contributed by atoms with E-state index in [0.29, 0.717) is 12.1 Å². The van der Waals surface area contributed by atoms with Crippen LogP contribution < -0.4 is 10.2 Å². The van der Waals surface area contributed by atoms with Gasteiger partial charge in [0.1, 0.15) is 0 Å². The summed E-state index contributed by atoms with van der Waals surface area (Å²) in [5, 5.41) is 6.87. The molecule has 3 atom stereocenters. The van der Waals surface area contributed by atoms with Crippen molar-refractivity contribution in [2.75, 3.05) is 31.1 Å². The summed E-state index contributed by atoms with van der Waals surface area (Å²) in [7, 11) is 0. The standard InChI is InChI=1S/C15H26N4S/c1-4-16-12(3)14-10-20-15(17-14)19-9-13-6-5-7-18(13)8-11(19)2/h10-13,16H,4-9H2,1-3H3. The van der Waals surface area contributed by atoms with Gasteiger partial charge in [0.05, 0.1) is 5.69 Å². The zero-order valence-corrected chi connectivity index (χ0v) is 13.6. The monoisotopic (exact) mass is 294 g/mol. The maximum absolute atomic E-state index is 4.88. The Bertz CT molecular complexity index is 447. The first-order valence-electron chi connectivity index (χ1n) is 7.88. The maximum Gasteiger partial charge on any atom is 0.185 e. The molecule has 1 aromatic heterocycles. The van der Waals surface area contributed by atoms with E-state index in [-0.39, 0.29) is 0 Å². The Kier molecular flexibility index (Phi) is 4.29. The largest absolute Gasteiger partial charge is 0.343 e. The Morgan fingerprint density at radius 1 is 1.50 bits per heavy atom. The second-order valence-electron chi connectivity index (χ2n) is 6.13. The lowest BCUT2D eigenvalue weighted by molar-refractivity contribution is 0.203. The molecule has 0 saturated carbocycles. The van der Waals surface area contributed by atoms with Crippen molar-refractivity contribution in [2.45, 2.75) is 51.7 Å². The number of piperazine rings is 1. The van der Waals surface area contributed by atoms with Gasteiger partial charge in [0.25, 0.3) is 0 Å². The van der Waals surface area contributed by atoms with Crippen LogP contribution in [0, 0.1) is 0 Å². The van der Waals surface area contributed by atoms with Gasteiger partial charge in [0, 0.05) is 36.6 Å². The van der Waals surface area contributed by atoms with Gasteiger partial charge in [-0.2, -0.15) is 0 Å². The molecule has 0 bridgehead atoms. The number of rotatable bonds is 4. The third-order valence-corrected chi connectivity index (χ3v) is 5.54. The molecule has 112 valence electrons. The van der Waals surface area contributed by atoms with Gasteiger partial charge in [0.2, 0.25) is 0 Å². The normalized spacial score (nSPS) is 28.6. The molecule has 1 aromatic rings. The van der Waals surface area contributed by atoms with E-state index in [4.69, 9.17) is 4.98 Å². The van der Waals surface area contributed by atoms with Gasteiger partial charge in [-0.1, -0.05) is 6.92 Å². The minimum Gasteiger partial charge on any atom is -0.343 e. The van der Waals surface area contributed by atoms with Crippen molar-refractivity contribution in [3.8, 4) is 0 Å². The summed E-state index contributed by atoms with van der Waals surface area (Å²) in [6.07, 6.45) is 2.72. The summed E-state index contributed by atoms with van der Waals surface area (Å²) in [4.78, 5) is 10.1. The van der Waals surface area contributed by atoms with Gasteiger partial charge in [0.15, 0.2) is 5.13 Å². The van der Waals surface area contributed by atoms with Crippen LogP contribution in [0.3, 0.4) is 0 Å². The average molecular weight is 294 g/mol. The number of anilines is 1. The Morgan fingerprint density at radius 3 is 3.15 bits per heavy atom. The number of hydrogen-bond donors (Lipinski definition) is 1. The van der Waals surface area contributed by atoms with Crippen LogP contribution in [0.2, 0.25) is 0 Å². The molecule has 3 heterocycles. The van der Waals surface area contributed by atoms with E-state index in [1.165, 1.54) is 36.8 Å². The van der Waals surface area contributed by atoms with Crippen molar-refractivity contribution in [3.05, 3.63) is 11.1 Å². The van der Waals surface area contributed by atoms with E-state index in [2.05, 4.69) is 41.3 Å². The smallest absolute Gasteiger partial charge is 0.185 e. The third kappa shape index (κ3) is 2.71. The van der Waals surface area contributed by atoms with Crippen molar-refractivity contribution >= 4 is 16.5 Å². The Labute approximate surface area is 126 Å². The van der Waals surface area contributed by atoms with Crippen LogP contribution in [0.5, 0.6) is 0 Å². The van der Waals surface area contributed by atoms with Gasteiger partial charge in [-0.25, -0.2) is 4.98 Å². The second-order valence-corrected chi connectivity index (χ2v) is 6.96. The van der Waals surface area contributed by atoms with E-state index in [9.17, 15) is 0 Å². The molecule has 1 N–H and O–H groups in total. The summed E-state index contributed by atoms with van der Waals surface area (Å²) in [5.74, 6) is 0. The van der Waals surface area contributed by atoms with Gasteiger partial charge >= 0.3 is 0 Å². The lowest BCUT2D eigenvalue weighted by atomic mass is 10.1. The lowest BCUT2D eigenvalue weighted by Gasteiger charge is -2.42. The molecule has 20 heavy (non-hydrogen) atoms. The Balaban J connectivity index is 1.72. The number of thiazole rings is 1. The molecule has 2 aliphatic heterocycles. The minimum absolute atomic E-state index is 0.355. The molecule has 5 heteroatoms. The van der Waals surface area contributed by atoms with Gasteiger partial charge in [-0.15, -0.1) is 11.3 Å². The van der Waals surface area contributed by atoms with Crippen LogP contribution in [0.1, 0.15) is 45.3 Å². The summed E-state index contributed by atoms with van der Waals surface area (Å²) < 4.78 is 0. The van der Waals surface area contributed by atoms with Gasteiger partial charge < -0.3 is 10.2 Å². The molecule has 2 fully saturated rings. The number of aromatic nitrogens is 1. The summed E-state index contributed by atoms with van der Waals surface area (Å²) in [6.45, 7) is 11.3. The summed E-state index contributed by atoms with van der Waals surface area (Å²) >= 11 is 1.80. The molecule has 0 spiro atoms.